The molecule has 24 heavy (non-hydrogen) atoms. The molecule has 2 heterocycles. The van der Waals surface area contributed by atoms with E-state index < -0.39 is 0 Å². The van der Waals surface area contributed by atoms with Gasteiger partial charge in [0.1, 0.15) is 11.6 Å². The molecule has 8 heteroatoms. The number of fused-ring (bicyclic) bond motifs is 1. The molecule has 3 aromatic rings. The number of hydrogen-bond donors (Lipinski definition) is 2. The maximum Gasteiger partial charge on any atom is 0.254 e. The zero-order chi connectivity index (χ0) is 17.3. The van der Waals surface area contributed by atoms with E-state index in [1.807, 2.05) is 0 Å². The van der Waals surface area contributed by atoms with Crippen molar-refractivity contribution in [3.63, 3.8) is 0 Å². The van der Waals surface area contributed by atoms with Gasteiger partial charge in [0.2, 0.25) is 5.91 Å². The van der Waals surface area contributed by atoms with Gasteiger partial charge in [-0.1, -0.05) is 11.3 Å². The fourth-order valence-corrected chi connectivity index (χ4v) is 3.32. The molecule has 0 saturated carbocycles. The zero-order valence-corrected chi connectivity index (χ0v) is 14.0. The lowest BCUT2D eigenvalue weighted by Crippen LogP contribution is -2.20. The maximum atomic E-state index is 13.2. The number of aromatic nitrogens is 3. The Morgan fingerprint density at radius 1 is 1.33 bits per heavy atom. The summed E-state index contributed by atoms with van der Waals surface area (Å²) < 4.78 is 13.8. The van der Waals surface area contributed by atoms with Crippen molar-refractivity contribution in [1.82, 2.24) is 15.0 Å². The van der Waals surface area contributed by atoms with Gasteiger partial charge in [-0.3, -0.25) is 9.59 Å². The molecule has 2 N–H and O–H groups in total. The van der Waals surface area contributed by atoms with E-state index in [0.29, 0.717) is 38.9 Å². The first-order valence-corrected chi connectivity index (χ1v) is 8.16. The van der Waals surface area contributed by atoms with E-state index in [2.05, 4.69) is 20.3 Å². The summed E-state index contributed by atoms with van der Waals surface area (Å²) in [5, 5.41) is 3.10. The first kappa shape index (κ1) is 16.3. The van der Waals surface area contributed by atoms with Crippen molar-refractivity contribution < 1.29 is 9.18 Å². The molecule has 0 aliphatic rings. The molecule has 0 radical (unpaired) electrons. The second-order valence-electron chi connectivity index (χ2n) is 5.39. The molecule has 0 saturated heterocycles. The van der Waals surface area contributed by atoms with Crippen LogP contribution in [0.2, 0.25) is 0 Å². The number of nitrogens with zero attached hydrogens (tertiary/aromatic N) is 2. The predicted octanol–water partition coefficient (Wildman–Crippen LogP) is 2.71. The smallest absolute Gasteiger partial charge is 0.254 e. The lowest BCUT2D eigenvalue weighted by Gasteiger charge is -2.05. The van der Waals surface area contributed by atoms with Gasteiger partial charge in [0.05, 0.1) is 10.2 Å². The number of H-pyrrole nitrogens is 1. The number of amides is 1. The van der Waals surface area contributed by atoms with Crippen LogP contribution in [0.15, 0.2) is 23.0 Å². The number of anilines is 1. The van der Waals surface area contributed by atoms with Gasteiger partial charge < -0.3 is 10.3 Å². The third-order valence-electron chi connectivity index (χ3n) is 3.54. The normalized spacial score (nSPS) is 11.0. The minimum absolute atomic E-state index is 0.138. The Morgan fingerprint density at radius 2 is 2.12 bits per heavy atom. The molecule has 1 amide bonds. The lowest BCUT2D eigenvalue weighted by atomic mass is 10.1. The highest BCUT2D eigenvalue weighted by Crippen LogP contribution is 2.26. The van der Waals surface area contributed by atoms with Crippen molar-refractivity contribution in [1.29, 1.82) is 0 Å². The van der Waals surface area contributed by atoms with E-state index in [-0.39, 0.29) is 23.7 Å². The van der Waals surface area contributed by atoms with Crippen molar-refractivity contribution in [2.45, 2.75) is 26.7 Å². The number of benzene rings is 1. The summed E-state index contributed by atoms with van der Waals surface area (Å²) in [6, 6.07) is 4.27. The van der Waals surface area contributed by atoms with Crippen LogP contribution in [0.5, 0.6) is 0 Å². The second-order valence-corrected chi connectivity index (χ2v) is 6.43. The Balaban J connectivity index is 1.68. The quantitative estimate of drug-likeness (QED) is 0.760. The van der Waals surface area contributed by atoms with Crippen LogP contribution in [0, 0.1) is 19.7 Å². The van der Waals surface area contributed by atoms with E-state index in [4.69, 9.17) is 0 Å². The second kappa shape index (κ2) is 6.48. The van der Waals surface area contributed by atoms with Gasteiger partial charge >= 0.3 is 0 Å². The first-order valence-electron chi connectivity index (χ1n) is 7.35. The van der Waals surface area contributed by atoms with Crippen molar-refractivity contribution >= 4 is 32.6 Å². The predicted molar refractivity (Wildman–Crippen MR) is 90.9 cm³/mol. The Labute approximate surface area is 140 Å². The Bertz CT molecular complexity index is 980. The van der Waals surface area contributed by atoms with E-state index in [1.54, 1.807) is 19.9 Å². The molecule has 124 valence electrons. The summed E-state index contributed by atoms with van der Waals surface area (Å²) in [7, 11) is 0. The minimum atomic E-state index is -0.342. The van der Waals surface area contributed by atoms with Crippen LogP contribution in [-0.4, -0.2) is 20.9 Å². The van der Waals surface area contributed by atoms with Crippen molar-refractivity contribution in [2.75, 3.05) is 5.32 Å². The summed E-state index contributed by atoms with van der Waals surface area (Å²) in [6.07, 6.45) is 0.429. The molecule has 2 aromatic heterocycles. The number of nitrogens with one attached hydrogen (secondary N) is 2. The molecular weight excluding hydrogens is 331 g/mol. The van der Waals surface area contributed by atoms with Crippen LogP contribution in [-0.2, 0) is 11.2 Å². The number of carbonyl (C=O) groups excluding carboxylic acids is 1. The molecule has 0 atom stereocenters. The summed E-state index contributed by atoms with van der Waals surface area (Å²) in [6.45, 7) is 3.46. The molecule has 0 unspecified atom stereocenters. The lowest BCUT2D eigenvalue weighted by molar-refractivity contribution is -0.116. The maximum absolute atomic E-state index is 13.2. The van der Waals surface area contributed by atoms with Gasteiger partial charge in [0.25, 0.3) is 5.56 Å². The highest BCUT2D eigenvalue weighted by Gasteiger charge is 2.12. The standard InChI is InChI=1S/C16H15FN4O2S/c1-8-11(15(23)19-9(2)18-8)4-6-14(22)21-16-20-12-5-3-10(17)7-13(12)24-16/h3,5,7H,4,6H2,1-2H3,(H,18,19,23)(H,20,21,22). The average Bonchev–Trinajstić information content (AvgIpc) is 2.87. The van der Waals surface area contributed by atoms with Crippen LogP contribution in [0.1, 0.15) is 23.5 Å². The molecular formula is C16H15FN4O2S. The Kier molecular flexibility index (Phi) is 4.39. The van der Waals surface area contributed by atoms with Gasteiger partial charge in [-0.05, 0) is 38.5 Å². The van der Waals surface area contributed by atoms with Gasteiger partial charge in [0.15, 0.2) is 5.13 Å². The third kappa shape index (κ3) is 3.48. The van der Waals surface area contributed by atoms with Crippen LogP contribution in [0.4, 0.5) is 9.52 Å². The first-order chi connectivity index (χ1) is 11.4. The molecule has 0 bridgehead atoms. The van der Waals surface area contributed by atoms with Crippen LogP contribution < -0.4 is 10.9 Å². The van der Waals surface area contributed by atoms with Gasteiger partial charge in [-0.15, -0.1) is 0 Å². The van der Waals surface area contributed by atoms with E-state index in [0.717, 1.165) is 0 Å². The van der Waals surface area contributed by atoms with E-state index in [1.165, 1.54) is 23.5 Å². The third-order valence-corrected chi connectivity index (χ3v) is 4.47. The fourth-order valence-electron chi connectivity index (χ4n) is 2.42. The Hall–Kier alpha value is -2.61. The molecule has 1 aromatic carbocycles. The van der Waals surface area contributed by atoms with Gasteiger partial charge in [-0.2, -0.15) is 0 Å². The van der Waals surface area contributed by atoms with Crippen LogP contribution in [0.3, 0.4) is 0 Å². The number of rotatable bonds is 4. The molecule has 0 aliphatic heterocycles. The van der Waals surface area contributed by atoms with E-state index >= 15 is 0 Å². The van der Waals surface area contributed by atoms with Gasteiger partial charge in [0, 0.05) is 17.7 Å². The molecule has 6 nitrogen and oxygen atoms in total. The number of aryl methyl sites for hydroxylation is 2. The summed E-state index contributed by atoms with van der Waals surface area (Å²) in [5.41, 5.74) is 1.54. The SMILES string of the molecule is Cc1nc(C)c(CCC(=O)Nc2nc3ccc(F)cc3s2)c(=O)[nH]1. The van der Waals surface area contributed by atoms with Crippen molar-refractivity contribution in [3.8, 4) is 0 Å². The molecule has 0 spiro atoms. The topological polar surface area (TPSA) is 87.7 Å². The summed E-state index contributed by atoms with van der Waals surface area (Å²) in [4.78, 5) is 35.0. The van der Waals surface area contributed by atoms with Crippen molar-refractivity contribution in [2.24, 2.45) is 0 Å². The number of halogens is 1. The number of aromatic amines is 1. The fraction of sp³-hybridized carbons (Fsp3) is 0.250. The molecule has 0 fully saturated rings. The zero-order valence-electron chi connectivity index (χ0n) is 13.1. The van der Waals surface area contributed by atoms with Crippen LogP contribution >= 0.6 is 11.3 Å². The summed E-state index contributed by atoms with van der Waals surface area (Å²) >= 11 is 1.21. The van der Waals surface area contributed by atoms with Gasteiger partial charge in [-0.25, -0.2) is 14.4 Å². The minimum Gasteiger partial charge on any atom is -0.311 e. The van der Waals surface area contributed by atoms with Crippen molar-refractivity contribution in [3.05, 3.63) is 51.5 Å². The number of thiazole rings is 1. The molecule has 0 aliphatic carbocycles. The molecule has 3 rings (SSSR count). The highest BCUT2D eigenvalue weighted by atomic mass is 32.1. The Morgan fingerprint density at radius 3 is 2.88 bits per heavy atom. The number of hydrogen-bond acceptors (Lipinski definition) is 5. The highest BCUT2D eigenvalue weighted by molar-refractivity contribution is 7.22. The summed E-state index contributed by atoms with van der Waals surface area (Å²) in [5.74, 6) is -0.0492. The number of carbonyl (C=O) groups is 1. The van der Waals surface area contributed by atoms with Crippen LogP contribution in [0.25, 0.3) is 10.2 Å². The monoisotopic (exact) mass is 346 g/mol. The average molecular weight is 346 g/mol. The van der Waals surface area contributed by atoms with E-state index in [9.17, 15) is 14.0 Å². The largest absolute Gasteiger partial charge is 0.311 e.